The highest BCUT2D eigenvalue weighted by molar-refractivity contribution is 5.79. The minimum absolute atomic E-state index is 0.228. The first-order valence-electron chi connectivity index (χ1n) is 10.0. The molecule has 0 bridgehead atoms. The van der Waals surface area contributed by atoms with Gasteiger partial charge in [-0.05, 0) is 68.2 Å². The molecule has 2 aromatic rings. The van der Waals surface area contributed by atoms with Gasteiger partial charge in [0, 0.05) is 6.54 Å². The summed E-state index contributed by atoms with van der Waals surface area (Å²) in [6, 6.07) is 13.2. The van der Waals surface area contributed by atoms with Crippen LogP contribution in [0.25, 0.3) is 0 Å². The first-order chi connectivity index (χ1) is 14.5. The molecule has 30 heavy (non-hydrogen) atoms. The topological polar surface area (TPSA) is 65.1 Å². The van der Waals surface area contributed by atoms with E-state index < -0.39 is 0 Å². The number of ether oxygens (including phenoxy) is 3. The van der Waals surface area contributed by atoms with E-state index in [1.807, 2.05) is 36.4 Å². The zero-order valence-corrected chi connectivity index (χ0v) is 18.2. The summed E-state index contributed by atoms with van der Waals surface area (Å²) in [6.45, 7) is 1.73. The highest BCUT2D eigenvalue weighted by Crippen LogP contribution is 2.26. The van der Waals surface area contributed by atoms with Crippen molar-refractivity contribution in [3.63, 3.8) is 0 Å². The smallest absolute Gasteiger partial charge is 0.313 e. The molecule has 0 N–H and O–H groups in total. The van der Waals surface area contributed by atoms with E-state index in [1.54, 1.807) is 20.3 Å². The fourth-order valence-electron chi connectivity index (χ4n) is 3.43. The number of aldehydes is 1. The van der Waals surface area contributed by atoms with Crippen LogP contribution in [0, 0.1) is 0 Å². The van der Waals surface area contributed by atoms with E-state index in [0.29, 0.717) is 17.7 Å². The van der Waals surface area contributed by atoms with Crippen LogP contribution < -0.4 is 9.47 Å². The van der Waals surface area contributed by atoms with Crippen LogP contribution in [0.4, 0.5) is 0 Å². The Morgan fingerprint density at radius 2 is 1.87 bits per heavy atom. The number of benzene rings is 2. The Kier molecular flexibility index (Phi) is 9.35. The molecule has 162 valence electrons. The van der Waals surface area contributed by atoms with Crippen LogP contribution in [0.15, 0.2) is 42.5 Å². The molecular weight excluding hydrogens is 382 g/mol. The predicted molar refractivity (Wildman–Crippen MR) is 117 cm³/mol. The van der Waals surface area contributed by atoms with Gasteiger partial charge in [0.2, 0.25) is 0 Å². The van der Waals surface area contributed by atoms with E-state index in [9.17, 15) is 9.59 Å². The van der Waals surface area contributed by atoms with Crippen LogP contribution in [0.2, 0.25) is 0 Å². The molecule has 2 rings (SSSR count). The second-order valence-electron chi connectivity index (χ2n) is 7.24. The van der Waals surface area contributed by atoms with Crippen LogP contribution in [0.5, 0.6) is 11.5 Å². The molecular formula is C24H31NO5. The molecule has 0 saturated heterocycles. The Labute approximate surface area is 178 Å². The summed E-state index contributed by atoms with van der Waals surface area (Å²) in [5.74, 6) is 0.797. The van der Waals surface area contributed by atoms with Crippen molar-refractivity contribution in [2.75, 3.05) is 41.5 Å². The molecule has 6 nitrogen and oxygen atoms in total. The lowest BCUT2D eigenvalue weighted by Gasteiger charge is -2.20. The molecule has 0 spiro atoms. The van der Waals surface area contributed by atoms with Gasteiger partial charge in [0.05, 0.1) is 32.8 Å². The lowest BCUT2D eigenvalue weighted by molar-refractivity contribution is -0.142. The molecule has 0 aliphatic heterocycles. The van der Waals surface area contributed by atoms with Gasteiger partial charge in [0.15, 0.2) is 6.29 Å². The zero-order valence-electron chi connectivity index (χ0n) is 18.2. The van der Waals surface area contributed by atoms with E-state index in [2.05, 4.69) is 11.9 Å². The molecule has 0 amide bonds. The van der Waals surface area contributed by atoms with Gasteiger partial charge in [0.25, 0.3) is 0 Å². The van der Waals surface area contributed by atoms with Crippen molar-refractivity contribution in [1.29, 1.82) is 0 Å². The number of rotatable bonds is 12. The van der Waals surface area contributed by atoms with Crippen LogP contribution in [0.3, 0.4) is 0 Å². The van der Waals surface area contributed by atoms with Crippen LogP contribution in [-0.4, -0.2) is 58.6 Å². The normalized spacial score (nSPS) is 11.8. The van der Waals surface area contributed by atoms with Crippen molar-refractivity contribution in [3.8, 4) is 11.5 Å². The minimum atomic E-state index is -0.307. The molecule has 2 aromatic carbocycles. The van der Waals surface area contributed by atoms with E-state index in [0.717, 1.165) is 49.1 Å². The Bertz CT molecular complexity index is 836. The standard InChI is InChI=1S/C24H31NO5/c1-25(14-12-18-10-11-20(17-26)23(15-18)29-3)13-6-9-22(24(27)30-4)19-7-5-8-21(16-19)28-2/h5,7-8,10-11,15-17,22H,6,9,12-14H2,1-4H3. The fraction of sp³-hybridized carbons (Fsp3) is 0.417. The Morgan fingerprint density at radius 1 is 1.07 bits per heavy atom. The quantitative estimate of drug-likeness (QED) is 0.390. The Morgan fingerprint density at radius 3 is 2.53 bits per heavy atom. The number of hydrogen-bond donors (Lipinski definition) is 0. The maximum absolute atomic E-state index is 12.3. The van der Waals surface area contributed by atoms with E-state index >= 15 is 0 Å². The molecule has 0 fully saturated rings. The van der Waals surface area contributed by atoms with Gasteiger partial charge in [-0.1, -0.05) is 18.2 Å². The number of carbonyl (C=O) groups is 2. The average molecular weight is 414 g/mol. The summed E-state index contributed by atoms with van der Waals surface area (Å²) in [4.78, 5) is 25.6. The summed E-state index contributed by atoms with van der Waals surface area (Å²) in [5, 5.41) is 0. The lowest BCUT2D eigenvalue weighted by atomic mass is 9.94. The highest BCUT2D eigenvalue weighted by Gasteiger charge is 2.21. The van der Waals surface area contributed by atoms with Gasteiger partial charge in [-0.3, -0.25) is 9.59 Å². The number of likely N-dealkylation sites (N-methyl/N-ethyl adjacent to an activating group) is 1. The molecule has 0 saturated carbocycles. The van der Waals surface area contributed by atoms with Gasteiger partial charge < -0.3 is 19.1 Å². The second kappa shape index (κ2) is 12.0. The van der Waals surface area contributed by atoms with E-state index in [-0.39, 0.29) is 11.9 Å². The third-order valence-corrected chi connectivity index (χ3v) is 5.22. The summed E-state index contributed by atoms with van der Waals surface area (Å²) in [6.07, 6.45) is 3.21. The van der Waals surface area contributed by atoms with E-state index in [4.69, 9.17) is 14.2 Å². The molecule has 1 atom stereocenters. The van der Waals surface area contributed by atoms with Gasteiger partial charge in [-0.25, -0.2) is 0 Å². The lowest BCUT2D eigenvalue weighted by Crippen LogP contribution is -2.24. The molecule has 0 aliphatic carbocycles. The van der Waals surface area contributed by atoms with Crippen molar-refractivity contribution in [1.82, 2.24) is 4.90 Å². The first kappa shape index (κ1) is 23.4. The van der Waals surface area contributed by atoms with Gasteiger partial charge in [0.1, 0.15) is 11.5 Å². The Hall–Kier alpha value is -2.86. The molecule has 0 radical (unpaired) electrons. The summed E-state index contributed by atoms with van der Waals surface area (Å²) < 4.78 is 15.6. The molecule has 0 heterocycles. The number of carbonyl (C=O) groups excluding carboxylic acids is 2. The van der Waals surface area contributed by atoms with E-state index in [1.165, 1.54) is 7.11 Å². The summed E-state index contributed by atoms with van der Waals surface area (Å²) in [7, 11) is 6.67. The number of esters is 1. The van der Waals surface area contributed by atoms with Crippen molar-refractivity contribution in [2.24, 2.45) is 0 Å². The van der Waals surface area contributed by atoms with Crippen molar-refractivity contribution < 1.29 is 23.8 Å². The zero-order chi connectivity index (χ0) is 21.9. The van der Waals surface area contributed by atoms with Crippen LogP contribution in [0.1, 0.15) is 40.2 Å². The Balaban J connectivity index is 1.88. The van der Waals surface area contributed by atoms with Crippen LogP contribution in [-0.2, 0) is 16.0 Å². The number of methoxy groups -OCH3 is 3. The highest BCUT2D eigenvalue weighted by atomic mass is 16.5. The predicted octanol–water partition coefficient (Wildman–Crippen LogP) is 3.73. The van der Waals surface area contributed by atoms with Gasteiger partial charge >= 0.3 is 5.97 Å². The maximum Gasteiger partial charge on any atom is 0.313 e. The third-order valence-electron chi connectivity index (χ3n) is 5.22. The summed E-state index contributed by atoms with van der Waals surface area (Å²) in [5.41, 5.74) is 2.58. The monoisotopic (exact) mass is 413 g/mol. The second-order valence-corrected chi connectivity index (χ2v) is 7.24. The minimum Gasteiger partial charge on any atom is -0.497 e. The molecule has 1 unspecified atom stereocenters. The molecule has 0 aliphatic rings. The number of nitrogens with zero attached hydrogens (tertiary/aromatic N) is 1. The first-order valence-corrected chi connectivity index (χ1v) is 10.0. The average Bonchev–Trinajstić information content (AvgIpc) is 2.79. The third kappa shape index (κ3) is 6.59. The fourth-order valence-corrected chi connectivity index (χ4v) is 3.43. The van der Waals surface area contributed by atoms with Gasteiger partial charge in [-0.2, -0.15) is 0 Å². The number of hydrogen-bond acceptors (Lipinski definition) is 6. The summed E-state index contributed by atoms with van der Waals surface area (Å²) >= 11 is 0. The molecule has 6 heteroatoms. The van der Waals surface area contributed by atoms with Gasteiger partial charge in [-0.15, -0.1) is 0 Å². The van der Waals surface area contributed by atoms with Crippen molar-refractivity contribution in [3.05, 3.63) is 59.2 Å². The largest absolute Gasteiger partial charge is 0.497 e. The molecule has 0 aromatic heterocycles. The maximum atomic E-state index is 12.3. The van der Waals surface area contributed by atoms with Crippen molar-refractivity contribution >= 4 is 12.3 Å². The van der Waals surface area contributed by atoms with Crippen molar-refractivity contribution in [2.45, 2.75) is 25.2 Å². The van der Waals surface area contributed by atoms with Crippen LogP contribution >= 0.6 is 0 Å². The SMILES string of the molecule is COC(=O)C(CCCN(C)CCc1ccc(C=O)c(OC)c1)c1cccc(OC)c1.